The SMILES string of the molecule is COc1cc(/C=N/NC(=O)/C(=C\c2cccs2)NC(=O)c2ccccc2)cc([N+](=O)[O-])c1O. The second kappa shape index (κ2) is 10.7. The number of nitro groups is 1. The van der Waals surface area contributed by atoms with Gasteiger partial charge in [0.25, 0.3) is 11.8 Å². The van der Waals surface area contributed by atoms with Gasteiger partial charge in [-0.3, -0.25) is 19.7 Å². The fraction of sp³-hybridized carbons (Fsp3) is 0.0455. The number of aromatic hydroxyl groups is 1. The number of phenolic OH excluding ortho intramolecular Hbond substituents is 1. The fourth-order valence-corrected chi connectivity index (χ4v) is 3.32. The molecule has 0 aliphatic heterocycles. The summed E-state index contributed by atoms with van der Waals surface area (Å²) in [6, 6.07) is 14.4. The summed E-state index contributed by atoms with van der Waals surface area (Å²) in [5.74, 6) is -1.92. The Labute approximate surface area is 192 Å². The lowest BCUT2D eigenvalue weighted by Crippen LogP contribution is -2.32. The molecule has 0 saturated carbocycles. The summed E-state index contributed by atoms with van der Waals surface area (Å²) in [5, 5.41) is 29.2. The topological polar surface area (TPSA) is 143 Å². The molecular formula is C22H18N4O6S. The molecule has 0 fully saturated rings. The van der Waals surface area contributed by atoms with Crippen molar-refractivity contribution in [1.29, 1.82) is 0 Å². The van der Waals surface area contributed by atoms with E-state index in [1.54, 1.807) is 42.5 Å². The summed E-state index contributed by atoms with van der Waals surface area (Å²) >= 11 is 1.37. The normalized spacial score (nSPS) is 11.2. The Balaban J connectivity index is 1.80. The van der Waals surface area contributed by atoms with Crippen LogP contribution in [0.3, 0.4) is 0 Å². The molecule has 0 saturated heterocycles. The van der Waals surface area contributed by atoms with Gasteiger partial charge in [-0.05, 0) is 35.7 Å². The number of ether oxygens (including phenoxy) is 1. The van der Waals surface area contributed by atoms with Gasteiger partial charge < -0.3 is 15.2 Å². The highest BCUT2D eigenvalue weighted by Gasteiger charge is 2.19. The summed E-state index contributed by atoms with van der Waals surface area (Å²) < 4.78 is 4.93. The lowest BCUT2D eigenvalue weighted by Gasteiger charge is -2.09. The van der Waals surface area contributed by atoms with Crippen molar-refractivity contribution in [1.82, 2.24) is 10.7 Å². The molecule has 1 heterocycles. The number of carbonyl (C=O) groups is 2. The van der Waals surface area contributed by atoms with Gasteiger partial charge in [0.2, 0.25) is 5.75 Å². The van der Waals surface area contributed by atoms with Gasteiger partial charge in [0.1, 0.15) is 5.70 Å². The van der Waals surface area contributed by atoms with Gasteiger partial charge in [0.05, 0.1) is 18.2 Å². The van der Waals surface area contributed by atoms with Crippen LogP contribution >= 0.6 is 11.3 Å². The average molecular weight is 466 g/mol. The van der Waals surface area contributed by atoms with Crippen molar-refractivity contribution >= 4 is 41.1 Å². The van der Waals surface area contributed by atoms with E-state index in [0.29, 0.717) is 5.56 Å². The van der Waals surface area contributed by atoms with Crippen LogP contribution in [0.4, 0.5) is 5.69 Å². The molecule has 0 unspecified atom stereocenters. The molecule has 3 aromatic rings. The summed E-state index contributed by atoms with van der Waals surface area (Å²) in [7, 11) is 1.25. The van der Waals surface area contributed by atoms with E-state index < -0.39 is 28.2 Å². The van der Waals surface area contributed by atoms with E-state index in [1.165, 1.54) is 30.6 Å². The zero-order chi connectivity index (χ0) is 23.8. The Bertz CT molecular complexity index is 1220. The van der Waals surface area contributed by atoms with Crippen LogP contribution in [0.25, 0.3) is 6.08 Å². The molecule has 10 nitrogen and oxygen atoms in total. The number of amides is 2. The number of nitro benzene ring substituents is 1. The molecule has 2 aromatic carbocycles. The maximum absolute atomic E-state index is 12.7. The molecule has 0 bridgehead atoms. The monoisotopic (exact) mass is 466 g/mol. The van der Waals surface area contributed by atoms with Crippen molar-refractivity contribution < 1.29 is 24.4 Å². The highest BCUT2D eigenvalue weighted by Crippen LogP contribution is 2.36. The minimum absolute atomic E-state index is 0.0438. The molecule has 0 atom stereocenters. The Morgan fingerprint density at radius 2 is 1.94 bits per heavy atom. The standard InChI is InChI=1S/C22H18N4O6S/c1-32-19-11-14(10-18(20(19)27)26(30)31)13-23-25-22(29)17(12-16-8-5-9-33-16)24-21(28)15-6-3-2-4-7-15/h2-13,27H,1H3,(H,24,28)(H,25,29)/b17-12+,23-13+. The third kappa shape index (κ3) is 6.02. The molecule has 33 heavy (non-hydrogen) atoms. The third-order valence-electron chi connectivity index (χ3n) is 4.23. The number of rotatable bonds is 8. The maximum Gasteiger partial charge on any atom is 0.315 e. The number of phenols is 1. The van der Waals surface area contributed by atoms with Gasteiger partial charge in [0.15, 0.2) is 5.75 Å². The fourth-order valence-electron chi connectivity index (χ4n) is 2.67. The van der Waals surface area contributed by atoms with E-state index in [2.05, 4.69) is 15.8 Å². The Hall–Kier alpha value is -4.51. The Kier molecular flexibility index (Phi) is 7.50. The van der Waals surface area contributed by atoms with Crippen molar-refractivity contribution in [3.63, 3.8) is 0 Å². The molecular weight excluding hydrogens is 448 g/mol. The van der Waals surface area contributed by atoms with Crippen LogP contribution in [0.15, 0.2) is 70.8 Å². The molecule has 168 valence electrons. The maximum atomic E-state index is 12.7. The number of hydrogen-bond acceptors (Lipinski definition) is 8. The number of nitrogens with zero attached hydrogens (tertiary/aromatic N) is 2. The van der Waals surface area contributed by atoms with Crippen LogP contribution in [0.2, 0.25) is 0 Å². The number of methoxy groups -OCH3 is 1. The first-order chi connectivity index (χ1) is 15.9. The number of hydrazone groups is 1. The van der Waals surface area contributed by atoms with E-state index in [0.717, 1.165) is 17.2 Å². The van der Waals surface area contributed by atoms with Crippen molar-refractivity contribution in [2.45, 2.75) is 0 Å². The van der Waals surface area contributed by atoms with E-state index in [-0.39, 0.29) is 17.0 Å². The molecule has 3 N–H and O–H groups in total. The Morgan fingerprint density at radius 1 is 1.18 bits per heavy atom. The number of nitrogens with one attached hydrogen (secondary N) is 2. The second-order valence-corrected chi connectivity index (χ2v) is 7.42. The average Bonchev–Trinajstić information content (AvgIpc) is 3.33. The summed E-state index contributed by atoms with van der Waals surface area (Å²) in [6.45, 7) is 0. The van der Waals surface area contributed by atoms with E-state index >= 15 is 0 Å². The second-order valence-electron chi connectivity index (χ2n) is 6.44. The van der Waals surface area contributed by atoms with E-state index in [4.69, 9.17) is 4.74 Å². The van der Waals surface area contributed by atoms with Crippen LogP contribution in [-0.2, 0) is 4.79 Å². The van der Waals surface area contributed by atoms with Crippen molar-refractivity contribution in [2.75, 3.05) is 7.11 Å². The number of hydrogen-bond donors (Lipinski definition) is 3. The van der Waals surface area contributed by atoms with Crippen molar-refractivity contribution in [2.24, 2.45) is 5.10 Å². The quantitative estimate of drug-likeness (QED) is 0.201. The minimum atomic E-state index is -0.769. The van der Waals surface area contributed by atoms with Crippen molar-refractivity contribution in [3.05, 3.63) is 91.8 Å². The number of benzene rings is 2. The van der Waals surface area contributed by atoms with Crippen molar-refractivity contribution in [3.8, 4) is 11.5 Å². The van der Waals surface area contributed by atoms with Gasteiger partial charge in [-0.1, -0.05) is 24.3 Å². The zero-order valence-corrected chi connectivity index (χ0v) is 18.0. The largest absolute Gasteiger partial charge is 0.500 e. The van der Waals surface area contributed by atoms with E-state index in [9.17, 15) is 24.8 Å². The van der Waals surface area contributed by atoms with Gasteiger partial charge in [-0.25, -0.2) is 5.43 Å². The lowest BCUT2D eigenvalue weighted by molar-refractivity contribution is -0.386. The molecule has 0 spiro atoms. The highest BCUT2D eigenvalue weighted by molar-refractivity contribution is 7.10. The van der Waals surface area contributed by atoms with Gasteiger partial charge in [-0.2, -0.15) is 5.10 Å². The molecule has 0 radical (unpaired) electrons. The smallest absolute Gasteiger partial charge is 0.315 e. The first-order valence-electron chi connectivity index (χ1n) is 9.39. The number of carbonyl (C=O) groups excluding carboxylic acids is 2. The summed E-state index contributed by atoms with van der Waals surface area (Å²) in [4.78, 5) is 36.3. The van der Waals surface area contributed by atoms with Crippen LogP contribution in [0, 0.1) is 10.1 Å². The zero-order valence-electron chi connectivity index (χ0n) is 17.2. The van der Waals surface area contributed by atoms with Gasteiger partial charge in [-0.15, -0.1) is 11.3 Å². The number of thiophene rings is 1. The van der Waals surface area contributed by atoms with Gasteiger partial charge >= 0.3 is 5.69 Å². The predicted octanol–water partition coefficient (Wildman–Crippen LogP) is 3.29. The minimum Gasteiger partial charge on any atom is -0.500 e. The third-order valence-corrected chi connectivity index (χ3v) is 5.05. The molecule has 11 heteroatoms. The van der Waals surface area contributed by atoms with Gasteiger partial charge in [0, 0.05) is 22.1 Å². The highest BCUT2D eigenvalue weighted by atomic mass is 32.1. The summed E-state index contributed by atoms with van der Waals surface area (Å²) in [5.41, 5.74) is 2.24. The molecule has 0 aliphatic rings. The van der Waals surface area contributed by atoms with Crippen LogP contribution < -0.4 is 15.5 Å². The summed E-state index contributed by atoms with van der Waals surface area (Å²) in [6.07, 6.45) is 2.65. The lowest BCUT2D eigenvalue weighted by atomic mass is 10.2. The molecule has 3 rings (SSSR count). The van der Waals surface area contributed by atoms with Crippen LogP contribution in [0.1, 0.15) is 20.8 Å². The van der Waals surface area contributed by atoms with E-state index in [1.807, 2.05) is 5.38 Å². The first-order valence-corrected chi connectivity index (χ1v) is 10.3. The first kappa shape index (κ1) is 23.2. The molecule has 2 amide bonds. The van der Waals surface area contributed by atoms with Crippen LogP contribution in [-0.4, -0.2) is 35.2 Å². The van der Waals surface area contributed by atoms with Crippen LogP contribution in [0.5, 0.6) is 11.5 Å². The predicted molar refractivity (Wildman–Crippen MR) is 123 cm³/mol. The molecule has 1 aromatic heterocycles. The Morgan fingerprint density at radius 3 is 2.58 bits per heavy atom. The molecule has 0 aliphatic carbocycles.